The van der Waals surface area contributed by atoms with Crippen molar-refractivity contribution in [1.29, 1.82) is 0 Å². The van der Waals surface area contributed by atoms with E-state index in [1.165, 1.54) is 0 Å². The van der Waals surface area contributed by atoms with Crippen LogP contribution in [0.5, 0.6) is 5.75 Å². The number of hydrogen-bond acceptors (Lipinski definition) is 4. The Hall–Kier alpha value is -2.28. The molecule has 0 atom stereocenters. The van der Waals surface area contributed by atoms with Gasteiger partial charge in [0.05, 0.1) is 7.11 Å². The Balaban J connectivity index is 1.68. The summed E-state index contributed by atoms with van der Waals surface area (Å²) < 4.78 is 5.24. The highest BCUT2D eigenvalue weighted by Gasteiger charge is 2.17. The van der Waals surface area contributed by atoms with E-state index in [0.717, 1.165) is 56.5 Å². The second kappa shape index (κ2) is 9.88. The molecule has 1 aliphatic rings. The number of nitrogens with zero attached hydrogens (tertiary/aromatic N) is 3. The Bertz CT molecular complexity index is 583. The lowest BCUT2D eigenvalue weighted by atomic mass is 10.2. The number of rotatable bonds is 6. The standard InChI is InChI=1S/C18H29N5O2/c1-15(24)23-11-9-22(10-12-23)8-7-20-18(19-2)21-14-16-5-4-6-17(13-16)25-3/h4-6,13H,7-12,14H2,1-3H3,(H2,19,20,21). The van der Waals surface area contributed by atoms with E-state index in [9.17, 15) is 4.79 Å². The van der Waals surface area contributed by atoms with Crippen molar-refractivity contribution in [2.24, 2.45) is 4.99 Å². The third-order valence-corrected chi connectivity index (χ3v) is 4.36. The molecule has 2 N–H and O–H groups in total. The minimum Gasteiger partial charge on any atom is -0.497 e. The van der Waals surface area contributed by atoms with Crippen molar-refractivity contribution in [3.05, 3.63) is 29.8 Å². The highest BCUT2D eigenvalue weighted by atomic mass is 16.5. The summed E-state index contributed by atoms with van der Waals surface area (Å²) in [5, 5.41) is 6.64. The van der Waals surface area contributed by atoms with Crippen LogP contribution in [0.3, 0.4) is 0 Å². The van der Waals surface area contributed by atoms with Crippen molar-refractivity contribution < 1.29 is 9.53 Å². The summed E-state index contributed by atoms with van der Waals surface area (Å²) in [5.41, 5.74) is 1.14. The highest BCUT2D eigenvalue weighted by Crippen LogP contribution is 2.12. The minimum absolute atomic E-state index is 0.167. The maximum atomic E-state index is 11.3. The van der Waals surface area contributed by atoms with E-state index in [0.29, 0.717) is 6.54 Å². The molecule has 25 heavy (non-hydrogen) atoms. The fraction of sp³-hybridized carbons (Fsp3) is 0.556. The van der Waals surface area contributed by atoms with Gasteiger partial charge < -0.3 is 20.3 Å². The number of ether oxygens (including phenoxy) is 1. The SMILES string of the molecule is CN=C(NCCN1CCN(C(C)=O)CC1)NCc1cccc(OC)c1. The molecule has 7 nitrogen and oxygen atoms in total. The summed E-state index contributed by atoms with van der Waals surface area (Å²) in [6.07, 6.45) is 0. The van der Waals surface area contributed by atoms with Crippen LogP contribution in [0.4, 0.5) is 0 Å². The Kier molecular flexibility index (Phi) is 7.53. The van der Waals surface area contributed by atoms with Crippen molar-refractivity contribution in [3.8, 4) is 5.75 Å². The van der Waals surface area contributed by atoms with Crippen molar-refractivity contribution in [2.75, 3.05) is 53.4 Å². The van der Waals surface area contributed by atoms with E-state index in [1.54, 1.807) is 21.1 Å². The van der Waals surface area contributed by atoms with Crippen LogP contribution in [0.1, 0.15) is 12.5 Å². The summed E-state index contributed by atoms with van der Waals surface area (Å²) >= 11 is 0. The first-order chi connectivity index (χ1) is 12.1. The van der Waals surface area contributed by atoms with Gasteiger partial charge in [-0.2, -0.15) is 0 Å². The molecule has 1 fully saturated rings. The molecule has 1 amide bonds. The third-order valence-electron chi connectivity index (χ3n) is 4.36. The molecule has 1 saturated heterocycles. The van der Waals surface area contributed by atoms with Gasteiger partial charge in [0, 0.05) is 59.8 Å². The van der Waals surface area contributed by atoms with Crippen LogP contribution >= 0.6 is 0 Å². The lowest BCUT2D eigenvalue weighted by molar-refractivity contribution is -0.130. The third kappa shape index (κ3) is 6.26. The van der Waals surface area contributed by atoms with Crippen molar-refractivity contribution in [2.45, 2.75) is 13.5 Å². The molecule has 1 heterocycles. The summed E-state index contributed by atoms with van der Waals surface area (Å²) in [5.74, 6) is 1.80. The van der Waals surface area contributed by atoms with Gasteiger partial charge >= 0.3 is 0 Å². The monoisotopic (exact) mass is 347 g/mol. The topological polar surface area (TPSA) is 69.2 Å². The summed E-state index contributed by atoms with van der Waals surface area (Å²) in [4.78, 5) is 19.9. The Morgan fingerprint density at radius 2 is 2.00 bits per heavy atom. The number of amides is 1. The lowest BCUT2D eigenvalue weighted by Gasteiger charge is -2.34. The summed E-state index contributed by atoms with van der Waals surface area (Å²) in [6.45, 7) is 7.57. The zero-order valence-corrected chi connectivity index (χ0v) is 15.4. The molecule has 2 rings (SSSR count). The van der Waals surface area contributed by atoms with E-state index < -0.39 is 0 Å². The molecule has 0 radical (unpaired) electrons. The normalized spacial score (nSPS) is 15.8. The zero-order valence-electron chi connectivity index (χ0n) is 15.4. The highest BCUT2D eigenvalue weighted by molar-refractivity contribution is 5.79. The molecular formula is C18H29N5O2. The molecule has 0 saturated carbocycles. The van der Waals surface area contributed by atoms with Gasteiger partial charge in [-0.3, -0.25) is 14.7 Å². The number of piperazine rings is 1. The number of carbonyl (C=O) groups excluding carboxylic acids is 1. The molecule has 1 aromatic rings. The van der Waals surface area contributed by atoms with Crippen LogP contribution < -0.4 is 15.4 Å². The van der Waals surface area contributed by atoms with Gasteiger partial charge in [-0.15, -0.1) is 0 Å². The molecule has 7 heteroatoms. The average Bonchev–Trinajstić information content (AvgIpc) is 2.65. The van der Waals surface area contributed by atoms with Crippen LogP contribution in [0.2, 0.25) is 0 Å². The molecule has 0 unspecified atom stereocenters. The fourth-order valence-electron chi connectivity index (χ4n) is 2.81. The van der Waals surface area contributed by atoms with Crippen molar-refractivity contribution in [3.63, 3.8) is 0 Å². The quantitative estimate of drug-likeness (QED) is 0.580. The van der Waals surface area contributed by atoms with E-state index in [2.05, 4.69) is 26.6 Å². The van der Waals surface area contributed by atoms with Crippen LogP contribution in [0, 0.1) is 0 Å². The number of aliphatic imine (C=N–C) groups is 1. The van der Waals surface area contributed by atoms with Gasteiger partial charge in [0.15, 0.2) is 5.96 Å². The summed E-state index contributed by atoms with van der Waals surface area (Å²) in [7, 11) is 3.44. The van der Waals surface area contributed by atoms with Gasteiger partial charge in [0.1, 0.15) is 5.75 Å². The average molecular weight is 347 g/mol. The Morgan fingerprint density at radius 1 is 1.24 bits per heavy atom. The fourth-order valence-corrected chi connectivity index (χ4v) is 2.81. The predicted molar refractivity (Wildman–Crippen MR) is 99.9 cm³/mol. The van der Waals surface area contributed by atoms with Gasteiger partial charge in [0.25, 0.3) is 0 Å². The smallest absolute Gasteiger partial charge is 0.219 e. The van der Waals surface area contributed by atoms with E-state index >= 15 is 0 Å². The molecule has 0 aromatic heterocycles. The number of hydrogen-bond donors (Lipinski definition) is 2. The van der Waals surface area contributed by atoms with Gasteiger partial charge in [-0.25, -0.2) is 0 Å². The van der Waals surface area contributed by atoms with Crippen molar-refractivity contribution in [1.82, 2.24) is 20.4 Å². The first kappa shape index (κ1) is 19.1. The van der Waals surface area contributed by atoms with Crippen molar-refractivity contribution >= 4 is 11.9 Å². The Morgan fingerprint density at radius 3 is 2.64 bits per heavy atom. The molecule has 1 aliphatic heterocycles. The van der Waals surface area contributed by atoms with Gasteiger partial charge in [-0.05, 0) is 17.7 Å². The molecule has 0 bridgehead atoms. The van der Waals surface area contributed by atoms with Crippen LogP contribution in [-0.4, -0.2) is 75.1 Å². The minimum atomic E-state index is 0.167. The van der Waals surface area contributed by atoms with Crippen LogP contribution in [0.25, 0.3) is 0 Å². The van der Waals surface area contributed by atoms with Crippen LogP contribution in [0.15, 0.2) is 29.3 Å². The number of carbonyl (C=O) groups is 1. The lowest BCUT2D eigenvalue weighted by Crippen LogP contribution is -2.50. The van der Waals surface area contributed by atoms with E-state index in [1.807, 2.05) is 23.1 Å². The molecule has 1 aromatic carbocycles. The zero-order chi connectivity index (χ0) is 18.1. The first-order valence-electron chi connectivity index (χ1n) is 8.67. The van der Waals surface area contributed by atoms with Gasteiger partial charge in [-0.1, -0.05) is 12.1 Å². The first-order valence-corrected chi connectivity index (χ1v) is 8.67. The van der Waals surface area contributed by atoms with E-state index in [-0.39, 0.29) is 5.91 Å². The molecule has 0 spiro atoms. The number of benzene rings is 1. The number of guanidine groups is 1. The largest absolute Gasteiger partial charge is 0.497 e. The number of methoxy groups -OCH3 is 1. The van der Waals surface area contributed by atoms with Crippen LogP contribution in [-0.2, 0) is 11.3 Å². The second-order valence-electron chi connectivity index (χ2n) is 6.05. The Labute approximate surface area is 150 Å². The number of nitrogens with one attached hydrogen (secondary N) is 2. The van der Waals surface area contributed by atoms with Gasteiger partial charge in [0.2, 0.25) is 5.91 Å². The summed E-state index contributed by atoms with van der Waals surface area (Å²) in [6, 6.07) is 7.97. The molecule has 138 valence electrons. The maximum absolute atomic E-state index is 11.3. The van der Waals surface area contributed by atoms with E-state index in [4.69, 9.17) is 4.74 Å². The molecular weight excluding hydrogens is 318 g/mol. The maximum Gasteiger partial charge on any atom is 0.219 e. The predicted octanol–water partition coefficient (Wildman–Crippen LogP) is 0.524. The second-order valence-corrected chi connectivity index (χ2v) is 6.05. The molecule has 0 aliphatic carbocycles.